The summed E-state index contributed by atoms with van der Waals surface area (Å²) >= 11 is 6.06. The first-order valence-corrected chi connectivity index (χ1v) is 9.01. The highest BCUT2D eigenvalue weighted by molar-refractivity contribution is 6.30. The molecule has 1 amide bonds. The molecule has 24 heavy (non-hydrogen) atoms. The van der Waals surface area contributed by atoms with Crippen LogP contribution in [-0.2, 0) is 4.79 Å². The molecule has 0 saturated carbocycles. The van der Waals surface area contributed by atoms with Gasteiger partial charge < -0.3 is 19.9 Å². The molecule has 0 radical (unpaired) electrons. The van der Waals surface area contributed by atoms with E-state index in [1.54, 1.807) is 7.11 Å². The van der Waals surface area contributed by atoms with Crippen molar-refractivity contribution in [2.45, 2.75) is 27.7 Å². The maximum Gasteiger partial charge on any atom is 0.207 e. The van der Waals surface area contributed by atoms with Crippen molar-refractivity contribution in [2.24, 2.45) is 0 Å². The zero-order chi connectivity index (χ0) is 18.4. The second-order valence-electron chi connectivity index (χ2n) is 4.91. The highest BCUT2D eigenvalue weighted by atomic mass is 35.5. The first kappa shape index (κ1) is 22.5. The van der Waals surface area contributed by atoms with Crippen molar-refractivity contribution in [1.82, 2.24) is 10.2 Å². The third-order valence-corrected chi connectivity index (χ3v) is 3.82. The number of likely N-dealkylation sites (N-methyl/N-ethyl adjacent to an activating group) is 1. The fraction of sp³-hybridized carbons (Fsp3) is 0.611. The number of piperazine rings is 1. The van der Waals surface area contributed by atoms with Crippen LogP contribution in [0, 0.1) is 0 Å². The SMILES string of the molecule is CC.CCN1CCN(c2cc(Cl)ccc2OC)CC1.CCNC=O. The number of benzene rings is 1. The van der Waals surface area contributed by atoms with E-state index in [2.05, 4.69) is 22.0 Å². The summed E-state index contributed by atoms with van der Waals surface area (Å²) in [6.45, 7) is 14.2. The maximum absolute atomic E-state index is 9.29. The van der Waals surface area contributed by atoms with Gasteiger partial charge in [-0.05, 0) is 31.7 Å². The largest absolute Gasteiger partial charge is 0.495 e. The topological polar surface area (TPSA) is 44.8 Å². The van der Waals surface area contributed by atoms with Gasteiger partial charge in [-0.1, -0.05) is 32.4 Å². The van der Waals surface area contributed by atoms with Gasteiger partial charge in [0.25, 0.3) is 0 Å². The van der Waals surface area contributed by atoms with Gasteiger partial charge in [0.1, 0.15) is 5.75 Å². The summed E-state index contributed by atoms with van der Waals surface area (Å²) in [5, 5.41) is 3.19. The molecule has 6 heteroatoms. The molecule has 1 fully saturated rings. The van der Waals surface area contributed by atoms with Crippen LogP contribution in [0.1, 0.15) is 27.7 Å². The molecule has 0 aliphatic carbocycles. The van der Waals surface area contributed by atoms with E-state index in [9.17, 15) is 4.79 Å². The smallest absolute Gasteiger partial charge is 0.207 e. The molecule has 1 N–H and O–H groups in total. The summed E-state index contributed by atoms with van der Waals surface area (Å²) in [4.78, 5) is 14.1. The summed E-state index contributed by atoms with van der Waals surface area (Å²) in [6, 6.07) is 5.79. The predicted molar refractivity (Wildman–Crippen MR) is 103 cm³/mol. The minimum absolute atomic E-state index is 0.681. The molecule has 138 valence electrons. The Bertz CT molecular complexity index is 450. The first-order valence-electron chi connectivity index (χ1n) is 8.64. The predicted octanol–water partition coefficient (Wildman–Crippen LogP) is 3.27. The lowest BCUT2D eigenvalue weighted by Crippen LogP contribution is -2.46. The fourth-order valence-electron chi connectivity index (χ4n) is 2.30. The van der Waals surface area contributed by atoms with Gasteiger partial charge in [-0.2, -0.15) is 0 Å². The maximum atomic E-state index is 9.29. The molecule has 0 spiro atoms. The normalized spacial score (nSPS) is 13.8. The first-order chi connectivity index (χ1) is 11.7. The van der Waals surface area contributed by atoms with E-state index in [4.69, 9.17) is 16.3 Å². The molecule has 1 heterocycles. The second kappa shape index (κ2) is 13.9. The molecule has 1 aromatic carbocycles. The van der Waals surface area contributed by atoms with E-state index in [-0.39, 0.29) is 0 Å². The van der Waals surface area contributed by atoms with Crippen LogP contribution in [0.3, 0.4) is 0 Å². The molecule has 0 atom stereocenters. The Morgan fingerprint density at radius 3 is 2.25 bits per heavy atom. The summed E-state index contributed by atoms with van der Waals surface area (Å²) in [5.74, 6) is 0.902. The van der Waals surface area contributed by atoms with Crippen molar-refractivity contribution in [3.8, 4) is 5.75 Å². The van der Waals surface area contributed by atoms with E-state index < -0.39 is 0 Å². The lowest BCUT2D eigenvalue weighted by molar-refractivity contribution is -0.109. The molecule has 2 rings (SSSR count). The van der Waals surface area contributed by atoms with Gasteiger partial charge in [-0.3, -0.25) is 4.79 Å². The minimum atomic E-state index is 0.681. The molecule has 1 aliphatic heterocycles. The number of methoxy groups -OCH3 is 1. The van der Waals surface area contributed by atoms with E-state index in [1.807, 2.05) is 39.0 Å². The van der Waals surface area contributed by atoms with Crippen molar-refractivity contribution in [3.05, 3.63) is 23.2 Å². The van der Waals surface area contributed by atoms with Crippen LogP contribution in [0.5, 0.6) is 5.75 Å². The Labute approximate surface area is 151 Å². The Balaban J connectivity index is 0.000000650. The van der Waals surface area contributed by atoms with Crippen LogP contribution in [-0.4, -0.2) is 57.7 Å². The Morgan fingerprint density at radius 1 is 1.21 bits per heavy atom. The third-order valence-electron chi connectivity index (χ3n) is 3.59. The van der Waals surface area contributed by atoms with Crippen molar-refractivity contribution in [1.29, 1.82) is 0 Å². The van der Waals surface area contributed by atoms with E-state index >= 15 is 0 Å². The summed E-state index contributed by atoms with van der Waals surface area (Å²) < 4.78 is 5.39. The van der Waals surface area contributed by atoms with Crippen molar-refractivity contribution >= 4 is 23.7 Å². The molecule has 1 aliphatic rings. The number of anilines is 1. The van der Waals surface area contributed by atoms with Gasteiger partial charge in [0.2, 0.25) is 6.41 Å². The van der Waals surface area contributed by atoms with Gasteiger partial charge >= 0.3 is 0 Å². The van der Waals surface area contributed by atoms with Crippen LogP contribution in [0.25, 0.3) is 0 Å². The molecule has 0 bridgehead atoms. The Hall–Kier alpha value is -1.46. The number of amides is 1. The number of nitrogens with zero attached hydrogens (tertiary/aromatic N) is 2. The van der Waals surface area contributed by atoms with Crippen molar-refractivity contribution in [3.63, 3.8) is 0 Å². The number of nitrogens with one attached hydrogen (secondary N) is 1. The zero-order valence-corrected chi connectivity index (χ0v) is 16.4. The highest BCUT2D eigenvalue weighted by Gasteiger charge is 2.18. The second-order valence-corrected chi connectivity index (χ2v) is 5.35. The average Bonchev–Trinajstić information content (AvgIpc) is 2.64. The van der Waals surface area contributed by atoms with Crippen LogP contribution in [0.2, 0.25) is 5.02 Å². The molecule has 0 unspecified atom stereocenters. The molecule has 1 aromatic rings. The monoisotopic (exact) mass is 357 g/mol. The van der Waals surface area contributed by atoms with Gasteiger partial charge in [0.15, 0.2) is 0 Å². The number of carbonyl (C=O) groups is 1. The van der Waals surface area contributed by atoms with Gasteiger partial charge in [0, 0.05) is 37.7 Å². The van der Waals surface area contributed by atoms with Crippen LogP contribution < -0.4 is 15.0 Å². The Kier molecular flexibility index (Phi) is 13.1. The lowest BCUT2D eigenvalue weighted by atomic mass is 10.2. The van der Waals surface area contributed by atoms with Crippen LogP contribution in [0.4, 0.5) is 5.69 Å². The number of halogens is 1. The zero-order valence-electron chi connectivity index (χ0n) is 15.6. The van der Waals surface area contributed by atoms with Crippen molar-refractivity contribution < 1.29 is 9.53 Å². The number of hydrogen-bond acceptors (Lipinski definition) is 4. The Morgan fingerprint density at radius 2 is 1.83 bits per heavy atom. The number of rotatable bonds is 5. The standard InChI is InChI=1S/C13H19ClN2O.C3H7NO.C2H6/c1-3-15-6-8-16(9-7-15)12-10-11(14)4-5-13(12)17-2;1-2-4-3-5;1-2/h4-5,10H,3,6-9H2,1-2H3;3H,2H2,1H3,(H,4,5);1-2H3. The molecule has 5 nitrogen and oxygen atoms in total. The van der Waals surface area contributed by atoms with E-state index in [1.165, 1.54) is 0 Å². The average molecular weight is 358 g/mol. The van der Waals surface area contributed by atoms with E-state index in [0.29, 0.717) is 6.41 Å². The fourth-order valence-corrected chi connectivity index (χ4v) is 2.46. The summed E-state index contributed by atoms with van der Waals surface area (Å²) in [6.07, 6.45) is 0.681. The molecular formula is C18H32ClN3O2. The third kappa shape index (κ3) is 7.88. The van der Waals surface area contributed by atoms with Gasteiger partial charge in [0.05, 0.1) is 12.8 Å². The minimum Gasteiger partial charge on any atom is -0.495 e. The van der Waals surface area contributed by atoms with Crippen LogP contribution >= 0.6 is 11.6 Å². The molecule has 1 saturated heterocycles. The highest BCUT2D eigenvalue weighted by Crippen LogP contribution is 2.31. The summed E-state index contributed by atoms with van der Waals surface area (Å²) in [5.41, 5.74) is 1.11. The number of carbonyl (C=O) groups excluding carboxylic acids is 1. The van der Waals surface area contributed by atoms with Gasteiger partial charge in [-0.25, -0.2) is 0 Å². The van der Waals surface area contributed by atoms with Crippen molar-refractivity contribution in [2.75, 3.05) is 51.3 Å². The number of hydrogen-bond donors (Lipinski definition) is 1. The van der Waals surface area contributed by atoms with E-state index in [0.717, 1.165) is 55.7 Å². The number of ether oxygens (including phenoxy) is 1. The summed E-state index contributed by atoms with van der Waals surface area (Å²) in [7, 11) is 1.70. The molecular weight excluding hydrogens is 326 g/mol. The van der Waals surface area contributed by atoms with Crippen LogP contribution in [0.15, 0.2) is 18.2 Å². The quantitative estimate of drug-likeness (QED) is 0.821. The molecule has 0 aromatic heterocycles. The lowest BCUT2D eigenvalue weighted by Gasteiger charge is -2.36. The van der Waals surface area contributed by atoms with Gasteiger partial charge in [-0.15, -0.1) is 0 Å².